The van der Waals surface area contributed by atoms with Gasteiger partial charge in [-0.05, 0) is 180 Å². The predicted octanol–water partition coefficient (Wildman–Crippen LogP) is 7.64. The molecule has 5 unspecified atom stereocenters. The molecule has 0 saturated carbocycles. The Morgan fingerprint density at radius 1 is 0.679 bits per heavy atom. The molecule has 78 heavy (non-hydrogen) atoms. The highest BCUT2D eigenvalue weighted by molar-refractivity contribution is 7.10. The van der Waals surface area contributed by atoms with Crippen molar-refractivity contribution in [1.82, 2.24) is 39.5 Å². The molecule has 12 rings (SSSR count). The lowest BCUT2D eigenvalue weighted by Gasteiger charge is -2.44. The molecule has 8 heterocycles. The van der Waals surface area contributed by atoms with Crippen LogP contribution in [0.1, 0.15) is 119 Å². The Bertz CT molecular complexity index is 3050. The topological polar surface area (TPSA) is 171 Å². The first-order valence-electron chi connectivity index (χ1n) is 28.7. The van der Waals surface area contributed by atoms with Gasteiger partial charge >= 0.3 is 12.0 Å². The van der Waals surface area contributed by atoms with Gasteiger partial charge in [0.1, 0.15) is 24.8 Å². The Balaban J connectivity index is 0.750. The Kier molecular flexibility index (Phi) is 14.9. The Labute approximate surface area is 467 Å². The second-order valence-electron chi connectivity index (χ2n) is 23.9. The Morgan fingerprint density at radius 2 is 1.24 bits per heavy atom. The first kappa shape index (κ1) is 52.8. The van der Waals surface area contributed by atoms with Crippen molar-refractivity contribution in [3.05, 3.63) is 91.1 Å². The number of carbonyl (C=O) groups is 2. The molecular weight excluding hydrogens is 1020 g/mol. The van der Waals surface area contributed by atoms with E-state index in [4.69, 9.17) is 29.4 Å². The average Bonchev–Trinajstić information content (AvgIpc) is 4.34. The fraction of sp³-hybridized carbons (Fsp3) is 0.600. The Hall–Kier alpha value is -5.92. The quantitative estimate of drug-likeness (QED) is 0.120. The van der Waals surface area contributed by atoms with Crippen LogP contribution in [0.25, 0.3) is 0 Å². The zero-order valence-corrected chi connectivity index (χ0v) is 47.2. The lowest BCUT2D eigenvalue weighted by Crippen LogP contribution is -2.55. The Morgan fingerprint density at radius 3 is 1.81 bits per heavy atom. The third-order valence-corrected chi connectivity index (χ3v) is 21.6. The fourth-order valence-electron chi connectivity index (χ4n) is 15.0. The van der Waals surface area contributed by atoms with Crippen LogP contribution in [-0.4, -0.2) is 149 Å². The number of nitriles is 2. The summed E-state index contributed by atoms with van der Waals surface area (Å²) in [5, 5.41) is 24.3. The van der Waals surface area contributed by atoms with Gasteiger partial charge in [0.25, 0.3) is 0 Å². The first-order valence-corrected chi connectivity index (χ1v) is 30.4. The maximum absolute atomic E-state index is 12.9. The largest absolute Gasteiger partial charge is 0.462 e. The summed E-state index contributed by atoms with van der Waals surface area (Å²) in [6, 6.07) is 8.17. The average molecular weight is 1090 g/mol. The van der Waals surface area contributed by atoms with Gasteiger partial charge in [-0.3, -0.25) is 14.5 Å². The molecule has 2 spiro atoms. The highest BCUT2D eigenvalue weighted by atomic mass is 32.1. The number of piperazine rings is 2. The number of carbonyl (C=O) groups excluding carboxylic acids is 2. The number of ether oxygens (including phenoxy) is 2. The van der Waals surface area contributed by atoms with Crippen LogP contribution in [0.5, 0.6) is 12.0 Å². The van der Waals surface area contributed by atoms with Crippen molar-refractivity contribution >= 4 is 46.1 Å². The van der Waals surface area contributed by atoms with Gasteiger partial charge in [-0.2, -0.15) is 30.5 Å². The van der Waals surface area contributed by atoms with Gasteiger partial charge in [-0.15, -0.1) is 22.7 Å². The molecule has 410 valence electrons. The smallest absolute Gasteiger partial charge is 0.318 e. The van der Waals surface area contributed by atoms with E-state index in [0.29, 0.717) is 76.6 Å². The molecule has 4 saturated heterocycles. The standard InChI is InChI=1S/C60H74N12O4S2/c1-5-53(73)71-27-25-69(34-40(71)15-22-61)55-46-14-21-60(31-49(46)63-57(65-55)75-36-42-8-7-24-67(42)3)19-12-44-47(38-78-52(44)33-60)50-10-9-43(68(50)4)37-76-58-64-48-30-59(18-11-39-17-29-77-51(39)32-59)20-13-45(48)56(66-58)70-26-28-72(54(74)6-2)41(35-70)16-23-62/h5-6,17,29,38,40-43,50H,1-2,7-16,18-21,24-28,30-37H2,3-4H3/t40?,41?,42?,43?,50?,59-,60+/m1/s1. The number of thiophene rings is 2. The van der Waals surface area contributed by atoms with Gasteiger partial charge in [-0.25, -0.2) is 0 Å². The number of likely N-dealkylation sites (N-methyl/N-ethyl adjacent to an activating group) is 2. The number of fused-ring (bicyclic) bond motifs is 4. The molecule has 4 aliphatic carbocycles. The maximum Gasteiger partial charge on any atom is 0.318 e. The number of hydrogen-bond donors (Lipinski definition) is 0. The molecule has 8 aliphatic rings. The van der Waals surface area contributed by atoms with Gasteiger partial charge < -0.3 is 34.0 Å². The van der Waals surface area contributed by atoms with Crippen LogP contribution in [0.2, 0.25) is 0 Å². The normalized spacial score (nSPS) is 27.9. The summed E-state index contributed by atoms with van der Waals surface area (Å²) in [7, 11) is 4.43. The van der Waals surface area contributed by atoms with E-state index in [0.717, 1.165) is 132 Å². The third kappa shape index (κ3) is 10.1. The molecule has 16 nitrogen and oxygen atoms in total. The first-order chi connectivity index (χ1) is 38.0. The van der Waals surface area contributed by atoms with Crippen LogP contribution in [0.4, 0.5) is 11.6 Å². The third-order valence-electron chi connectivity index (χ3n) is 19.6. The van der Waals surface area contributed by atoms with Crippen molar-refractivity contribution in [2.24, 2.45) is 10.8 Å². The molecule has 4 fully saturated rings. The molecule has 0 N–H and O–H groups in total. The molecule has 4 aromatic rings. The molecular formula is C60H74N12O4S2. The number of aromatic nitrogens is 4. The SMILES string of the molecule is C=CC(=O)N1CCN(c2nc(OCC3CCC(c4csc5c4CC[C@@]4(CCc6c(nc(OCC7CCCN7C)nc6N6CCN(C(=O)C=C)C(CC#N)C6)C4)C5)N3C)nc3c2CC[C@]2(CCc4ccsc4C2)C3)CC1CC#N. The number of amides is 2. The number of nitrogens with zero attached hydrogens (tertiary/aromatic N) is 12. The highest BCUT2D eigenvalue weighted by Crippen LogP contribution is 2.52. The van der Waals surface area contributed by atoms with Crippen LogP contribution in [0, 0.1) is 33.5 Å². The van der Waals surface area contributed by atoms with E-state index in [1.807, 2.05) is 22.7 Å². The van der Waals surface area contributed by atoms with Gasteiger partial charge in [0.2, 0.25) is 11.8 Å². The molecule has 18 heteroatoms. The second kappa shape index (κ2) is 22.0. The summed E-state index contributed by atoms with van der Waals surface area (Å²) in [6.45, 7) is 12.9. The lowest BCUT2D eigenvalue weighted by atomic mass is 9.65. The molecule has 2 amide bonds. The minimum atomic E-state index is -0.253. The van der Waals surface area contributed by atoms with Crippen molar-refractivity contribution in [3.63, 3.8) is 0 Å². The lowest BCUT2D eigenvalue weighted by molar-refractivity contribution is -0.129. The number of anilines is 2. The molecule has 0 aromatic carbocycles. The summed E-state index contributed by atoms with van der Waals surface area (Å²) in [5.74, 6) is 1.54. The number of rotatable bonds is 13. The monoisotopic (exact) mass is 1090 g/mol. The van der Waals surface area contributed by atoms with E-state index >= 15 is 0 Å². The van der Waals surface area contributed by atoms with E-state index in [9.17, 15) is 20.1 Å². The highest BCUT2D eigenvalue weighted by Gasteiger charge is 2.45. The molecule has 4 aromatic heterocycles. The van der Waals surface area contributed by atoms with E-state index in [1.54, 1.807) is 9.80 Å². The summed E-state index contributed by atoms with van der Waals surface area (Å²) in [4.78, 5) is 62.7. The van der Waals surface area contributed by atoms with Gasteiger partial charge in [0.05, 0.1) is 48.5 Å². The van der Waals surface area contributed by atoms with Gasteiger partial charge in [0, 0.05) is 78.3 Å². The fourth-order valence-corrected chi connectivity index (χ4v) is 17.4. The molecule has 0 radical (unpaired) electrons. The van der Waals surface area contributed by atoms with Gasteiger partial charge in [0.15, 0.2) is 0 Å². The number of hydrogen-bond acceptors (Lipinski definition) is 16. The zero-order chi connectivity index (χ0) is 53.7. The summed E-state index contributed by atoms with van der Waals surface area (Å²) >= 11 is 3.83. The summed E-state index contributed by atoms with van der Waals surface area (Å²) in [6.07, 6.45) is 19.8. The number of aryl methyl sites for hydroxylation is 1. The van der Waals surface area contributed by atoms with Crippen LogP contribution < -0.4 is 19.3 Å². The maximum atomic E-state index is 12.9. The van der Waals surface area contributed by atoms with E-state index in [-0.39, 0.29) is 53.6 Å². The predicted molar refractivity (Wildman–Crippen MR) is 302 cm³/mol. The second-order valence-corrected chi connectivity index (χ2v) is 25.9. The van der Waals surface area contributed by atoms with Crippen LogP contribution in [-0.2, 0) is 61.0 Å². The molecule has 7 atom stereocenters. The van der Waals surface area contributed by atoms with Crippen molar-refractivity contribution in [1.29, 1.82) is 10.5 Å². The van der Waals surface area contributed by atoms with Gasteiger partial charge in [-0.1, -0.05) is 13.2 Å². The zero-order valence-electron chi connectivity index (χ0n) is 45.6. The van der Waals surface area contributed by atoms with Crippen molar-refractivity contribution < 1.29 is 19.1 Å². The number of likely N-dealkylation sites (tertiary alicyclic amines) is 2. The summed E-state index contributed by atoms with van der Waals surface area (Å²) < 4.78 is 13.3. The van der Waals surface area contributed by atoms with Crippen LogP contribution in [0.15, 0.2) is 42.1 Å². The van der Waals surface area contributed by atoms with Crippen molar-refractivity contribution in [3.8, 4) is 24.2 Å². The van der Waals surface area contributed by atoms with Crippen LogP contribution in [0.3, 0.4) is 0 Å². The summed E-state index contributed by atoms with van der Waals surface area (Å²) in [5.41, 5.74) is 9.36. The molecule has 4 aliphatic heterocycles. The van der Waals surface area contributed by atoms with Crippen LogP contribution >= 0.6 is 22.7 Å². The van der Waals surface area contributed by atoms with E-state index in [1.165, 1.54) is 49.7 Å². The minimum absolute atomic E-state index is 0.0948. The minimum Gasteiger partial charge on any atom is -0.462 e. The molecule has 0 bridgehead atoms. The van der Waals surface area contributed by atoms with E-state index < -0.39 is 0 Å². The van der Waals surface area contributed by atoms with E-state index in [2.05, 4.69) is 75.8 Å². The van der Waals surface area contributed by atoms with Crippen molar-refractivity contribution in [2.45, 2.75) is 146 Å². The van der Waals surface area contributed by atoms with Crippen molar-refractivity contribution in [2.75, 3.05) is 82.9 Å².